The van der Waals surface area contributed by atoms with Crippen LogP contribution in [-0.4, -0.2) is 60.7 Å². The SMILES string of the molecule is COc1ccc(OC)c(CN2CCN(C(=O)c3cccc(-n4cccc4)c3)CC2)c1. The quantitative estimate of drug-likeness (QED) is 0.630. The standard InChI is InChI=1S/C24H27N3O3/c1-29-22-8-9-23(30-2)20(17-22)18-25-12-14-27(15-13-25)24(28)19-6-5-7-21(16-19)26-10-3-4-11-26/h3-11,16-17H,12-15,18H2,1-2H3. The Labute approximate surface area is 177 Å². The number of ether oxygens (including phenoxy) is 2. The van der Waals surface area contributed by atoms with Crippen LogP contribution in [0.4, 0.5) is 0 Å². The minimum absolute atomic E-state index is 0.0858. The molecule has 0 saturated carbocycles. The van der Waals surface area contributed by atoms with Crippen molar-refractivity contribution in [1.82, 2.24) is 14.4 Å². The molecule has 0 bridgehead atoms. The molecule has 1 aliphatic rings. The van der Waals surface area contributed by atoms with Crippen LogP contribution in [0.3, 0.4) is 0 Å². The Balaban J connectivity index is 1.39. The fraction of sp³-hybridized carbons (Fsp3) is 0.292. The second-order valence-corrected chi connectivity index (χ2v) is 7.39. The molecule has 30 heavy (non-hydrogen) atoms. The summed E-state index contributed by atoms with van der Waals surface area (Å²) in [6.07, 6.45) is 3.96. The van der Waals surface area contributed by atoms with Gasteiger partial charge in [-0.05, 0) is 48.5 Å². The highest BCUT2D eigenvalue weighted by molar-refractivity contribution is 5.94. The Morgan fingerprint density at radius 1 is 0.900 bits per heavy atom. The lowest BCUT2D eigenvalue weighted by Crippen LogP contribution is -2.48. The van der Waals surface area contributed by atoms with Crippen molar-refractivity contribution in [3.63, 3.8) is 0 Å². The Hall–Kier alpha value is -3.25. The molecule has 1 amide bonds. The molecule has 4 rings (SSSR count). The van der Waals surface area contributed by atoms with Gasteiger partial charge in [0, 0.05) is 61.9 Å². The van der Waals surface area contributed by atoms with Crippen LogP contribution < -0.4 is 9.47 Å². The predicted molar refractivity (Wildman–Crippen MR) is 116 cm³/mol. The third kappa shape index (κ3) is 4.33. The Morgan fingerprint density at radius 3 is 2.37 bits per heavy atom. The Bertz CT molecular complexity index is 993. The minimum atomic E-state index is 0.0858. The van der Waals surface area contributed by atoms with Gasteiger partial charge in [-0.1, -0.05) is 6.07 Å². The van der Waals surface area contributed by atoms with E-state index < -0.39 is 0 Å². The summed E-state index contributed by atoms with van der Waals surface area (Å²) in [7, 11) is 3.35. The number of benzene rings is 2. The molecule has 0 aliphatic carbocycles. The van der Waals surface area contributed by atoms with Gasteiger partial charge in [0.15, 0.2) is 0 Å². The van der Waals surface area contributed by atoms with E-state index in [1.165, 1.54) is 0 Å². The van der Waals surface area contributed by atoms with Gasteiger partial charge in [0.2, 0.25) is 0 Å². The van der Waals surface area contributed by atoms with Gasteiger partial charge in [-0.2, -0.15) is 0 Å². The van der Waals surface area contributed by atoms with Crippen LogP contribution in [0.5, 0.6) is 11.5 Å². The number of hydrogen-bond acceptors (Lipinski definition) is 4. The highest BCUT2D eigenvalue weighted by Crippen LogP contribution is 2.26. The highest BCUT2D eigenvalue weighted by Gasteiger charge is 2.23. The molecule has 1 aromatic heterocycles. The molecular formula is C24H27N3O3. The summed E-state index contributed by atoms with van der Waals surface area (Å²) in [6, 6.07) is 17.6. The summed E-state index contributed by atoms with van der Waals surface area (Å²) in [5, 5.41) is 0. The van der Waals surface area contributed by atoms with Crippen LogP contribution in [0.25, 0.3) is 5.69 Å². The van der Waals surface area contributed by atoms with E-state index in [0.29, 0.717) is 13.1 Å². The maximum absolute atomic E-state index is 13.0. The molecule has 1 fully saturated rings. The number of nitrogens with zero attached hydrogens (tertiary/aromatic N) is 3. The van der Waals surface area contributed by atoms with Crippen molar-refractivity contribution in [2.75, 3.05) is 40.4 Å². The lowest BCUT2D eigenvalue weighted by Gasteiger charge is -2.35. The average molecular weight is 405 g/mol. The van der Waals surface area contributed by atoms with Crippen molar-refractivity contribution < 1.29 is 14.3 Å². The van der Waals surface area contributed by atoms with Crippen molar-refractivity contribution in [1.29, 1.82) is 0 Å². The number of aromatic nitrogens is 1. The van der Waals surface area contributed by atoms with Gasteiger partial charge in [0.1, 0.15) is 11.5 Å². The Morgan fingerprint density at radius 2 is 1.67 bits per heavy atom. The fourth-order valence-corrected chi connectivity index (χ4v) is 3.84. The van der Waals surface area contributed by atoms with E-state index in [1.54, 1.807) is 14.2 Å². The predicted octanol–water partition coefficient (Wildman–Crippen LogP) is 3.45. The van der Waals surface area contributed by atoms with Gasteiger partial charge in [0.25, 0.3) is 5.91 Å². The van der Waals surface area contributed by atoms with Crippen LogP contribution in [0.1, 0.15) is 15.9 Å². The molecule has 0 unspecified atom stereocenters. The molecular weight excluding hydrogens is 378 g/mol. The van der Waals surface area contributed by atoms with Crippen LogP contribution in [-0.2, 0) is 6.54 Å². The molecule has 0 radical (unpaired) electrons. The molecule has 2 heterocycles. The summed E-state index contributed by atoms with van der Waals surface area (Å²) in [4.78, 5) is 17.3. The smallest absolute Gasteiger partial charge is 0.254 e. The third-order valence-electron chi connectivity index (χ3n) is 5.54. The minimum Gasteiger partial charge on any atom is -0.497 e. The summed E-state index contributed by atoms with van der Waals surface area (Å²) in [6.45, 7) is 3.83. The first kappa shape index (κ1) is 20.0. The van der Waals surface area contributed by atoms with Gasteiger partial charge < -0.3 is 18.9 Å². The van der Waals surface area contributed by atoms with Crippen molar-refractivity contribution >= 4 is 5.91 Å². The Kier molecular flexibility index (Phi) is 6.05. The first-order valence-corrected chi connectivity index (χ1v) is 10.1. The van der Waals surface area contributed by atoms with Gasteiger partial charge in [-0.3, -0.25) is 9.69 Å². The van der Waals surface area contributed by atoms with E-state index >= 15 is 0 Å². The number of piperazine rings is 1. The van der Waals surface area contributed by atoms with Gasteiger partial charge >= 0.3 is 0 Å². The average Bonchev–Trinajstić information content (AvgIpc) is 3.34. The molecule has 3 aromatic rings. The first-order chi connectivity index (χ1) is 14.7. The van der Waals surface area contributed by atoms with Crippen LogP contribution in [0, 0.1) is 0 Å². The monoisotopic (exact) mass is 405 g/mol. The first-order valence-electron chi connectivity index (χ1n) is 10.1. The van der Waals surface area contributed by atoms with Crippen LogP contribution >= 0.6 is 0 Å². The molecule has 6 nitrogen and oxygen atoms in total. The molecule has 1 saturated heterocycles. The van der Waals surface area contributed by atoms with E-state index in [2.05, 4.69) is 4.90 Å². The number of methoxy groups -OCH3 is 2. The van der Waals surface area contributed by atoms with Crippen molar-refractivity contribution in [2.24, 2.45) is 0 Å². The topological polar surface area (TPSA) is 46.9 Å². The van der Waals surface area contributed by atoms with Crippen molar-refractivity contribution in [3.8, 4) is 17.2 Å². The van der Waals surface area contributed by atoms with E-state index in [4.69, 9.17) is 9.47 Å². The summed E-state index contributed by atoms with van der Waals surface area (Å²) >= 11 is 0. The van der Waals surface area contributed by atoms with E-state index in [-0.39, 0.29) is 5.91 Å². The molecule has 2 aromatic carbocycles. The maximum Gasteiger partial charge on any atom is 0.254 e. The number of carbonyl (C=O) groups is 1. The van der Waals surface area contributed by atoms with Crippen molar-refractivity contribution in [2.45, 2.75) is 6.54 Å². The molecule has 1 aliphatic heterocycles. The zero-order valence-corrected chi connectivity index (χ0v) is 17.5. The zero-order chi connectivity index (χ0) is 20.9. The molecule has 0 spiro atoms. The van der Waals surface area contributed by atoms with Gasteiger partial charge in [-0.15, -0.1) is 0 Å². The zero-order valence-electron chi connectivity index (χ0n) is 17.5. The molecule has 0 atom stereocenters. The van der Waals surface area contributed by atoms with E-state index in [9.17, 15) is 4.79 Å². The highest BCUT2D eigenvalue weighted by atomic mass is 16.5. The lowest BCUT2D eigenvalue weighted by atomic mass is 10.1. The maximum atomic E-state index is 13.0. The van der Waals surface area contributed by atoms with Gasteiger partial charge in [-0.25, -0.2) is 0 Å². The number of hydrogen-bond donors (Lipinski definition) is 0. The largest absolute Gasteiger partial charge is 0.497 e. The second kappa shape index (κ2) is 9.05. The number of amides is 1. The molecule has 6 heteroatoms. The second-order valence-electron chi connectivity index (χ2n) is 7.39. The fourth-order valence-electron chi connectivity index (χ4n) is 3.84. The van der Waals surface area contributed by atoms with Gasteiger partial charge in [0.05, 0.1) is 14.2 Å². The normalized spacial score (nSPS) is 14.5. The van der Waals surface area contributed by atoms with Crippen molar-refractivity contribution in [3.05, 3.63) is 78.1 Å². The number of carbonyl (C=O) groups excluding carboxylic acids is 1. The van der Waals surface area contributed by atoms with Crippen LogP contribution in [0.2, 0.25) is 0 Å². The summed E-state index contributed by atoms with van der Waals surface area (Å²) < 4.78 is 12.9. The third-order valence-corrected chi connectivity index (χ3v) is 5.54. The number of rotatable bonds is 6. The van der Waals surface area contributed by atoms with E-state index in [0.717, 1.165) is 47.9 Å². The lowest BCUT2D eigenvalue weighted by molar-refractivity contribution is 0.0627. The molecule has 0 N–H and O–H groups in total. The summed E-state index contributed by atoms with van der Waals surface area (Å²) in [5.74, 6) is 1.76. The summed E-state index contributed by atoms with van der Waals surface area (Å²) in [5.41, 5.74) is 2.81. The molecule has 156 valence electrons. The van der Waals surface area contributed by atoms with Crippen LogP contribution in [0.15, 0.2) is 67.0 Å². The van der Waals surface area contributed by atoms with E-state index in [1.807, 2.05) is 76.5 Å².